The molecule has 0 radical (unpaired) electrons. The van der Waals surface area contributed by atoms with Crippen molar-refractivity contribution in [2.24, 2.45) is 0 Å². The normalized spacial score (nSPS) is 11.9. The maximum atomic E-state index is 5.45. The van der Waals surface area contributed by atoms with Gasteiger partial charge in [0, 0.05) is 12.4 Å². The van der Waals surface area contributed by atoms with Gasteiger partial charge in [-0.25, -0.2) is 0 Å². The van der Waals surface area contributed by atoms with Crippen LogP contribution in [0.5, 0.6) is 5.75 Å². The van der Waals surface area contributed by atoms with E-state index in [1.807, 2.05) is 0 Å². The second-order valence-electron chi connectivity index (χ2n) is 5.76. The summed E-state index contributed by atoms with van der Waals surface area (Å²) in [6.45, 7) is 7.68. The Morgan fingerprint density at radius 2 is 1.94 bits per heavy atom. The molecule has 0 heterocycles. The minimum atomic E-state index is 0.108. The lowest BCUT2D eigenvalue weighted by molar-refractivity contribution is 0.393. The van der Waals surface area contributed by atoms with E-state index in [4.69, 9.17) is 4.74 Å². The molecule has 18 heavy (non-hydrogen) atoms. The summed E-state index contributed by atoms with van der Waals surface area (Å²) >= 11 is 4.27. The predicted octanol–water partition coefficient (Wildman–Crippen LogP) is 3.35. The van der Waals surface area contributed by atoms with E-state index in [0.717, 1.165) is 24.6 Å². The maximum Gasteiger partial charge on any atom is 0.122 e. The van der Waals surface area contributed by atoms with E-state index in [9.17, 15) is 0 Å². The second-order valence-corrected chi connectivity index (χ2v) is 6.04. The fraction of sp³-hybridized carbons (Fsp3) is 0.600. The first-order valence-electron chi connectivity index (χ1n) is 6.35. The molecule has 0 saturated heterocycles. The van der Waals surface area contributed by atoms with Crippen LogP contribution in [-0.2, 0) is 11.8 Å². The quantitative estimate of drug-likeness (QED) is 0.649. The van der Waals surface area contributed by atoms with Crippen molar-refractivity contribution >= 4 is 12.6 Å². The van der Waals surface area contributed by atoms with Gasteiger partial charge in [-0.05, 0) is 36.1 Å². The lowest BCUT2D eigenvalue weighted by Crippen LogP contribution is -2.20. The van der Waals surface area contributed by atoms with Crippen LogP contribution in [0.1, 0.15) is 31.9 Å². The largest absolute Gasteiger partial charge is 0.496 e. The van der Waals surface area contributed by atoms with Gasteiger partial charge in [0.2, 0.25) is 0 Å². The Morgan fingerprint density at radius 1 is 1.28 bits per heavy atom. The van der Waals surface area contributed by atoms with Crippen LogP contribution < -0.4 is 4.74 Å². The average molecular weight is 267 g/mol. The highest BCUT2D eigenvalue weighted by molar-refractivity contribution is 7.80. The predicted molar refractivity (Wildman–Crippen MR) is 81.9 cm³/mol. The second kappa shape index (κ2) is 6.48. The average Bonchev–Trinajstić information content (AvgIpc) is 2.34. The van der Waals surface area contributed by atoms with Gasteiger partial charge in [0.1, 0.15) is 5.75 Å². The molecule has 2 nitrogen and oxygen atoms in total. The summed E-state index contributed by atoms with van der Waals surface area (Å²) in [6.07, 6.45) is 1.05. The summed E-state index contributed by atoms with van der Waals surface area (Å²) in [6, 6.07) is 6.50. The van der Waals surface area contributed by atoms with Crippen molar-refractivity contribution in [3.63, 3.8) is 0 Å². The molecule has 1 aromatic rings. The van der Waals surface area contributed by atoms with Crippen molar-refractivity contribution in [3.05, 3.63) is 29.3 Å². The molecule has 0 aliphatic carbocycles. The SMILES string of the molecule is COc1ccc(CCN(C)CS)cc1C(C)(C)C. The van der Waals surface area contributed by atoms with Crippen molar-refractivity contribution in [3.8, 4) is 5.75 Å². The maximum absolute atomic E-state index is 5.45. The van der Waals surface area contributed by atoms with E-state index >= 15 is 0 Å². The van der Waals surface area contributed by atoms with E-state index in [1.165, 1.54) is 11.1 Å². The molecule has 0 spiro atoms. The summed E-state index contributed by atoms with van der Waals surface area (Å²) < 4.78 is 5.45. The Kier molecular flexibility index (Phi) is 5.54. The molecular weight excluding hydrogens is 242 g/mol. The Hall–Kier alpha value is -0.670. The van der Waals surface area contributed by atoms with Crippen molar-refractivity contribution < 1.29 is 4.74 Å². The fourth-order valence-electron chi connectivity index (χ4n) is 1.89. The zero-order chi connectivity index (χ0) is 13.8. The number of nitrogens with zero attached hydrogens (tertiary/aromatic N) is 1. The van der Waals surface area contributed by atoms with Crippen LogP contribution in [-0.4, -0.2) is 31.5 Å². The van der Waals surface area contributed by atoms with E-state index in [2.05, 4.69) is 63.5 Å². The Balaban J connectivity index is 2.90. The van der Waals surface area contributed by atoms with Crippen LogP contribution in [0.3, 0.4) is 0 Å². The van der Waals surface area contributed by atoms with Gasteiger partial charge in [0.05, 0.1) is 7.11 Å². The summed E-state index contributed by atoms with van der Waals surface area (Å²) in [5.41, 5.74) is 2.74. The Bertz CT molecular complexity index is 385. The number of rotatable bonds is 5. The highest BCUT2D eigenvalue weighted by Gasteiger charge is 2.19. The number of benzene rings is 1. The topological polar surface area (TPSA) is 12.5 Å². The van der Waals surface area contributed by atoms with E-state index in [1.54, 1.807) is 7.11 Å². The highest BCUT2D eigenvalue weighted by atomic mass is 32.1. The van der Waals surface area contributed by atoms with Gasteiger partial charge in [-0.15, -0.1) is 0 Å². The van der Waals surface area contributed by atoms with Gasteiger partial charge < -0.3 is 4.74 Å². The van der Waals surface area contributed by atoms with Crippen molar-refractivity contribution in [2.45, 2.75) is 32.6 Å². The summed E-state index contributed by atoms with van der Waals surface area (Å²) in [7, 11) is 3.82. The van der Waals surface area contributed by atoms with Gasteiger partial charge >= 0.3 is 0 Å². The van der Waals surface area contributed by atoms with Crippen LogP contribution in [0.25, 0.3) is 0 Å². The number of likely N-dealkylation sites (N-methyl/N-ethyl adjacent to an activating group) is 1. The van der Waals surface area contributed by atoms with Crippen molar-refractivity contribution in [1.29, 1.82) is 0 Å². The number of hydrogen-bond acceptors (Lipinski definition) is 3. The molecule has 1 rings (SSSR count). The fourth-order valence-corrected chi connectivity index (χ4v) is 2.03. The monoisotopic (exact) mass is 267 g/mol. The molecule has 0 amide bonds. The minimum absolute atomic E-state index is 0.108. The molecule has 102 valence electrons. The van der Waals surface area contributed by atoms with Gasteiger partial charge in [-0.3, -0.25) is 4.90 Å². The highest BCUT2D eigenvalue weighted by Crippen LogP contribution is 2.32. The third kappa shape index (κ3) is 4.21. The summed E-state index contributed by atoms with van der Waals surface area (Å²) in [5, 5.41) is 0. The molecule has 0 saturated carbocycles. The Morgan fingerprint density at radius 3 is 2.44 bits per heavy atom. The Labute approximate surface area is 117 Å². The van der Waals surface area contributed by atoms with E-state index in [-0.39, 0.29) is 5.41 Å². The van der Waals surface area contributed by atoms with Crippen LogP contribution in [0, 0.1) is 0 Å². The zero-order valence-electron chi connectivity index (χ0n) is 12.2. The van der Waals surface area contributed by atoms with E-state index in [0.29, 0.717) is 0 Å². The van der Waals surface area contributed by atoms with Crippen LogP contribution in [0.15, 0.2) is 18.2 Å². The number of methoxy groups -OCH3 is 1. The molecule has 0 atom stereocenters. The smallest absolute Gasteiger partial charge is 0.122 e. The van der Waals surface area contributed by atoms with Gasteiger partial charge in [0.15, 0.2) is 0 Å². The van der Waals surface area contributed by atoms with Gasteiger partial charge in [0.25, 0.3) is 0 Å². The standard InChI is InChI=1S/C15H25NOS/c1-15(2,3)13-10-12(6-7-14(13)17-5)8-9-16(4)11-18/h6-7,10,18H,8-9,11H2,1-5H3. The molecule has 0 bridgehead atoms. The van der Waals surface area contributed by atoms with Gasteiger partial charge in [-0.2, -0.15) is 12.6 Å². The molecular formula is C15H25NOS. The van der Waals surface area contributed by atoms with Crippen LogP contribution >= 0.6 is 12.6 Å². The molecule has 0 N–H and O–H groups in total. The van der Waals surface area contributed by atoms with Crippen LogP contribution in [0.4, 0.5) is 0 Å². The molecule has 0 aliphatic heterocycles. The third-order valence-corrected chi connectivity index (χ3v) is 3.58. The summed E-state index contributed by atoms with van der Waals surface area (Å²) in [4.78, 5) is 2.20. The number of thiol groups is 1. The van der Waals surface area contributed by atoms with Crippen molar-refractivity contribution in [2.75, 3.05) is 26.6 Å². The first-order valence-corrected chi connectivity index (χ1v) is 6.98. The van der Waals surface area contributed by atoms with Gasteiger partial charge in [-0.1, -0.05) is 32.9 Å². The zero-order valence-corrected chi connectivity index (χ0v) is 13.1. The van der Waals surface area contributed by atoms with Crippen LogP contribution in [0.2, 0.25) is 0 Å². The van der Waals surface area contributed by atoms with E-state index < -0.39 is 0 Å². The minimum Gasteiger partial charge on any atom is -0.496 e. The van der Waals surface area contributed by atoms with Crippen molar-refractivity contribution in [1.82, 2.24) is 4.90 Å². The molecule has 0 unspecified atom stereocenters. The molecule has 3 heteroatoms. The molecule has 1 aromatic carbocycles. The number of hydrogen-bond donors (Lipinski definition) is 1. The summed E-state index contributed by atoms with van der Waals surface area (Å²) in [5.74, 6) is 1.77. The first kappa shape index (κ1) is 15.4. The lowest BCUT2D eigenvalue weighted by atomic mass is 9.85. The first-order chi connectivity index (χ1) is 8.38. The number of ether oxygens (including phenoxy) is 1. The third-order valence-electron chi connectivity index (χ3n) is 3.10. The molecule has 0 aliphatic rings. The lowest BCUT2D eigenvalue weighted by Gasteiger charge is -2.23. The molecule has 0 aromatic heterocycles. The molecule has 0 fully saturated rings.